The molecule has 0 saturated carbocycles. The Morgan fingerprint density at radius 1 is 1.15 bits per heavy atom. The lowest BCUT2D eigenvalue weighted by molar-refractivity contribution is -0.156. The number of pyridine rings is 1. The van der Waals surface area contributed by atoms with Gasteiger partial charge in [-0.1, -0.05) is 44.2 Å². The van der Waals surface area contributed by atoms with Gasteiger partial charge in [0, 0.05) is 31.7 Å². The van der Waals surface area contributed by atoms with Gasteiger partial charge in [0.1, 0.15) is 12.1 Å². The van der Waals surface area contributed by atoms with E-state index in [1.165, 1.54) is 26.3 Å². The Balaban J connectivity index is 1.79. The summed E-state index contributed by atoms with van der Waals surface area (Å²) in [6.45, 7) is 7.51. The van der Waals surface area contributed by atoms with Crippen LogP contribution in [-0.2, 0) is 30.2 Å². The summed E-state index contributed by atoms with van der Waals surface area (Å²) in [5.74, 6) is -1.17. The highest BCUT2D eigenvalue weighted by atomic mass is 16.7. The minimum atomic E-state index is -0.898. The van der Waals surface area contributed by atoms with Gasteiger partial charge >= 0.3 is 11.9 Å². The van der Waals surface area contributed by atoms with Gasteiger partial charge < -0.3 is 29.0 Å². The van der Waals surface area contributed by atoms with Crippen molar-refractivity contribution >= 4 is 17.8 Å². The zero-order chi connectivity index (χ0) is 29.1. The number of aromatic nitrogens is 1. The third kappa shape index (κ3) is 8.94. The third-order valence-corrected chi connectivity index (χ3v) is 6.68. The molecule has 1 aromatic carbocycles. The number of nitrogens with zero attached hydrogens (tertiary/aromatic N) is 1. The van der Waals surface area contributed by atoms with E-state index in [0.29, 0.717) is 38.2 Å². The van der Waals surface area contributed by atoms with E-state index in [2.05, 4.69) is 36.3 Å². The zero-order valence-electron chi connectivity index (χ0n) is 23.9. The van der Waals surface area contributed by atoms with Crippen LogP contribution < -0.4 is 14.8 Å². The molecule has 1 saturated heterocycles. The van der Waals surface area contributed by atoms with Crippen molar-refractivity contribution in [3.05, 3.63) is 53.9 Å². The summed E-state index contributed by atoms with van der Waals surface area (Å²) in [7, 11) is 1.41. The number of benzene rings is 1. The van der Waals surface area contributed by atoms with Crippen LogP contribution in [0.4, 0.5) is 0 Å². The van der Waals surface area contributed by atoms with Crippen molar-refractivity contribution in [2.75, 3.05) is 20.5 Å². The molecule has 10 nitrogen and oxygen atoms in total. The predicted octanol–water partition coefficient (Wildman–Crippen LogP) is 4.10. The first kappa shape index (κ1) is 30.9. The average Bonchev–Trinajstić information content (AvgIpc) is 2.97. The average molecular weight is 557 g/mol. The number of carbonyl (C=O) groups is 3. The van der Waals surface area contributed by atoms with Gasteiger partial charge in [-0.25, -0.2) is 9.78 Å². The molecule has 1 N–H and O–H groups in total. The minimum Gasteiger partial charge on any atom is -0.493 e. The third-order valence-electron chi connectivity index (χ3n) is 6.68. The Morgan fingerprint density at radius 2 is 1.90 bits per heavy atom. The molecular formula is C30H40N2O8. The van der Waals surface area contributed by atoms with Gasteiger partial charge in [-0.2, -0.15) is 0 Å². The Labute approximate surface area is 235 Å². The van der Waals surface area contributed by atoms with Gasteiger partial charge in [0.2, 0.25) is 6.79 Å². The van der Waals surface area contributed by atoms with E-state index in [1.807, 2.05) is 25.1 Å². The molecule has 218 valence electrons. The van der Waals surface area contributed by atoms with Crippen molar-refractivity contribution in [3.8, 4) is 11.5 Å². The number of ether oxygens (including phenoxy) is 5. The number of rotatable bonds is 11. The summed E-state index contributed by atoms with van der Waals surface area (Å²) < 4.78 is 27.9. The molecule has 0 bridgehead atoms. The van der Waals surface area contributed by atoms with Gasteiger partial charge in [0.05, 0.1) is 13.2 Å². The molecule has 1 aliphatic rings. The highest BCUT2D eigenvalue weighted by molar-refractivity contribution is 5.98. The number of carbonyl (C=O) groups excluding carboxylic acids is 3. The molecule has 1 amide bonds. The smallest absolute Gasteiger partial charge is 0.328 e. The summed E-state index contributed by atoms with van der Waals surface area (Å²) in [6, 6.07) is 10.7. The summed E-state index contributed by atoms with van der Waals surface area (Å²) in [5, 5.41) is 2.76. The fourth-order valence-corrected chi connectivity index (χ4v) is 4.64. The van der Waals surface area contributed by atoms with Crippen LogP contribution in [0, 0.1) is 11.8 Å². The molecule has 0 radical (unpaired) electrons. The second kappa shape index (κ2) is 15.2. The molecule has 0 aliphatic carbocycles. The van der Waals surface area contributed by atoms with Crippen molar-refractivity contribution in [2.24, 2.45) is 11.8 Å². The lowest BCUT2D eigenvalue weighted by atomic mass is 9.87. The minimum absolute atomic E-state index is 0.00127. The molecule has 4 atom stereocenters. The van der Waals surface area contributed by atoms with E-state index < -0.39 is 36.8 Å². The Bertz CT molecular complexity index is 1120. The topological polar surface area (TPSA) is 122 Å². The molecule has 40 heavy (non-hydrogen) atoms. The van der Waals surface area contributed by atoms with Crippen LogP contribution in [-0.4, -0.2) is 61.6 Å². The lowest BCUT2D eigenvalue weighted by Gasteiger charge is -2.32. The molecule has 0 spiro atoms. The maximum Gasteiger partial charge on any atom is 0.328 e. The Morgan fingerprint density at radius 3 is 2.58 bits per heavy atom. The molecular weight excluding hydrogens is 516 g/mol. The second-order valence-corrected chi connectivity index (χ2v) is 10.3. The number of methoxy groups -OCH3 is 1. The van der Waals surface area contributed by atoms with Crippen LogP contribution in [0.3, 0.4) is 0 Å². The largest absolute Gasteiger partial charge is 0.493 e. The van der Waals surface area contributed by atoms with Crippen LogP contribution in [0.15, 0.2) is 42.6 Å². The number of hydrogen-bond acceptors (Lipinski definition) is 9. The highest BCUT2D eigenvalue weighted by Crippen LogP contribution is 2.31. The quantitative estimate of drug-likeness (QED) is 0.322. The number of hydrogen-bond donors (Lipinski definition) is 1. The van der Waals surface area contributed by atoms with E-state index in [4.69, 9.17) is 23.7 Å². The molecule has 1 aliphatic heterocycles. The standard InChI is InChI=1S/C30H40N2O8/c1-19(2)17-37-25-13-9-12-24(30(35)40-20(3)23(25)16-22-10-7-6-8-11-22)32-29(34)27-28(39-18-38-21(4)33)26(36-5)14-15-31-27/h6-8,10-11,14-15,19-20,23-25H,9,12-13,16-18H2,1-5H3,(H,32,34). The normalized spacial score (nSPS) is 21.4. The van der Waals surface area contributed by atoms with Crippen LogP contribution >= 0.6 is 0 Å². The SMILES string of the molecule is COc1ccnc(C(=O)NC2CCCC(OCC(C)C)C(Cc3ccccc3)C(C)OC2=O)c1OCOC(C)=O. The van der Waals surface area contributed by atoms with E-state index in [-0.39, 0.29) is 29.2 Å². The molecule has 3 rings (SSSR count). The molecule has 10 heteroatoms. The van der Waals surface area contributed by atoms with Gasteiger partial charge in [-0.3, -0.25) is 9.59 Å². The van der Waals surface area contributed by atoms with Gasteiger partial charge in [-0.05, 0) is 44.1 Å². The van der Waals surface area contributed by atoms with Crippen LogP contribution in [0.25, 0.3) is 0 Å². The monoisotopic (exact) mass is 556 g/mol. The second-order valence-electron chi connectivity index (χ2n) is 10.3. The number of nitrogens with one attached hydrogen (secondary N) is 1. The van der Waals surface area contributed by atoms with Crippen molar-refractivity contribution in [1.82, 2.24) is 10.3 Å². The highest BCUT2D eigenvalue weighted by Gasteiger charge is 2.35. The van der Waals surface area contributed by atoms with E-state index in [1.54, 1.807) is 0 Å². The van der Waals surface area contributed by atoms with Crippen LogP contribution in [0.1, 0.15) is 63.0 Å². The van der Waals surface area contributed by atoms with Gasteiger partial charge in [0.25, 0.3) is 5.91 Å². The summed E-state index contributed by atoms with van der Waals surface area (Å²) in [4.78, 5) is 41.9. The van der Waals surface area contributed by atoms with Crippen LogP contribution in [0.5, 0.6) is 11.5 Å². The molecule has 4 unspecified atom stereocenters. The van der Waals surface area contributed by atoms with E-state index in [0.717, 1.165) is 5.56 Å². The van der Waals surface area contributed by atoms with Crippen molar-refractivity contribution < 1.29 is 38.1 Å². The van der Waals surface area contributed by atoms with Crippen molar-refractivity contribution in [3.63, 3.8) is 0 Å². The summed E-state index contributed by atoms with van der Waals surface area (Å²) in [5.41, 5.74) is 1.04. The lowest BCUT2D eigenvalue weighted by Crippen LogP contribution is -2.44. The molecule has 2 heterocycles. The fourth-order valence-electron chi connectivity index (χ4n) is 4.64. The molecule has 2 aromatic rings. The van der Waals surface area contributed by atoms with Gasteiger partial charge in [-0.15, -0.1) is 0 Å². The first-order valence-electron chi connectivity index (χ1n) is 13.7. The molecule has 1 aromatic heterocycles. The first-order chi connectivity index (χ1) is 19.2. The Hall–Kier alpha value is -3.66. The fraction of sp³-hybridized carbons (Fsp3) is 0.533. The number of amides is 1. The van der Waals surface area contributed by atoms with E-state index in [9.17, 15) is 14.4 Å². The predicted molar refractivity (Wildman–Crippen MR) is 147 cm³/mol. The maximum atomic E-state index is 13.3. The maximum absolute atomic E-state index is 13.3. The molecule has 1 fully saturated rings. The van der Waals surface area contributed by atoms with Crippen molar-refractivity contribution in [2.45, 2.75) is 71.6 Å². The summed E-state index contributed by atoms with van der Waals surface area (Å²) >= 11 is 0. The summed E-state index contributed by atoms with van der Waals surface area (Å²) in [6.07, 6.45) is 3.26. The van der Waals surface area contributed by atoms with Crippen LogP contribution in [0.2, 0.25) is 0 Å². The Kier molecular flexibility index (Phi) is 11.7. The number of cyclic esters (lactones) is 1. The first-order valence-corrected chi connectivity index (χ1v) is 13.7. The van der Waals surface area contributed by atoms with Crippen molar-refractivity contribution in [1.29, 1.82) is 0 Å². The zero-order valence-corrected chi connectivity index (χ0v) is 23.9. The number of esters is 2. The van der Waals surface area contributed by atoms with E-state index >= 15 is 0 Å². The van der Waals surface area contributed by atoms with Gasteiger partial charge in [0.15, 0.2) is 17.2 Å².